The maximum absolute atomic E-state index is 11.6. The molecule has 0 radical (unpaired) electrons. The van der Waals surface area contributed by atoms with E-state index >= 15 is 0 Å². The maximum Gasteiger partial charge on any atom is 0.248 e. The lowest BCUT2D eigenvalue weighted by Crippen LogP contribution is -2.15. The summed E-state index contributed by atoms with van der Waals surface area (Å²) in [4.78, 5) is 11.6. The summed E-state index contributed by atoms with van der Waals surface area (Å²) in [6.07, 6.45) is 5.71. The summed E-state index contributed by atoms with van der Waals surface area (Å²) >= 11 is 0. The number of benzene rings is 2. The van der Waals surface area contributed by atoms with Crippen LogP contribution in [0.3, 0.4) is 0 Å². The second kappa shape index (κ2) is 6.71. The first-order valence-corrected chi connectivity index (χ1v) is 8.21. The minimum Gasteiger partial charge on any atom is -0.366 e. The number of carbonyl (C=O) groups is 1. The van der Waals surface area contributed by atoms with E-state index in [9.17, 15) is 4.79 Å². The van der Waals surface area contributed by atoms with E-state index in [4.69, 9.17) is 5.73 Å². The molecule has 0 atom stereocenters. The molecule has 0 saturated carbocycles. The Kier molecular flexibility index (Phi) is 4.47. The summed E-state index contributed by atoms with van der Waals surface area (Å²) in [5.41, 5.74) is 11.4. The number of hydrogen-bond donors (Lipinski definition) is 2. The Hall–Kier alpha value is -2.88. The van der Waals surface area contributed by atoms with Gasteiger partial charge >= 0.3 is 0 Å². The summed E-state index contributed by atoms with van der Waals surface area (Å²) in [5.74, 6) is -0.365. The Morgan fingerprint density at radius 1 is 1.08 bits per heavy atom. The Morgan fingerprint density at radius 3 is 2.54 bits per heavy atom. The van der Waals surface area contributed by atoms with Crippen molar-refractivity contribution in [2.24, 2.45) is 5.73 Å². The van der Waals surface area contributed by atoms with E-state index in [1.165, 1.54) is 5.56 Å². The highest BCUT2D eigenvalue weighted by molar-refractivity contribution is 5.95. The van der Waals surface area contributed by atoms with Crippen LogP contribution in [0.5, 0.6) is 0 Å². The molecule has 0 spiro atoms. The van der Waals surface area contributed by atoms with Gasteiger partial charge in [0, 0.05) is 10.9 Å². The van der Waals surface area contributed by atoms with Crippen molar-refractivity contribution < 1.29 is 4.79 Å². The molecule has 122 valence electrons. The number of para-hydroxylation sites is 1. The minimum atomic E-state index is -0.365. The van der Waals surface area contributed by atoms with Gasteiger partial charge in [0.05, 0.1) is 11.2 Å². The molecule has 0 bridgehead atoms. The lowest BCUT2D eigenvalue weighted by Gasteiger charge is -2.13. The third kappa shape index (κ3) is 2.83. The van der Waals surface area contributed by atoms with Crippen molar-refractivity contribution in [2.45, 2.75) is 26.7 Å². The molecular weight excluding hydrogens is 298 g/mol. The smallest absolute Gasteiger partial charge is 0.248 e. The molecule has 3 N–H and O–H groups in total. The van der Waals surface area contributed by atoms with Crippen molar-refractivity contribution in [1.29, 1.82) is 0 Å². The molecule has 1 amide bonds. The minimum absolute atomic E-state index is 0.365. The van der Waals surface area contributed by atoms with Crippen molar-refractivity contribution in [2.75, 3.05) is 0 Å². The quantitative estimate of drug-likeness (QED) is 0.747. The van der Waals surface area contributed by atoms with Crippen molar-refractivity contribution in [3.05, 3.63) is 64.3 Å². The number of fused-ring (bicyclic) bond motifs is 1. The molecular formula is C20H21N3O. The van der Waals surface area contributed by atoms with E-state index in [2.05, 4.69) is 30.1 Å². The van der Waals surface area contributed by atoms with Crippen molar-refractivity contribution in [1.82, 2.24) is 10.2 Å². The molecule has 4 nitrogen and oxygen atoms in total. The van der Waals surface area contributed by atoms with Gasteiger partial charge in [0.25, 0.3) is 0 Å². The van der Waals surface area contributed by atoms with Gasteiger partial charge in [0.2, 0.25) is 5.91 Å². The van der Waals surface area contributed by atoms with Gasteiger partial charge in [-0.3, -0.25) is 9.89 Å². The van der Waals surface area contributed by atoms with Crippen LogP contribution in [0.2, 0.25) is 0 Å². The van der Waals surface area contributed by atoms with E-state index in [-0.39, 0.29) is 5.91 Å². The second-order valence-electron chi connectivity index (χ2n) is 5.72. The fourth-order valence-electron chi connectivity index (χ4n) is 3.20. The van der Waals surface area contributed by atoms with Gasteiger partial charge in [0.15, 0.2) is 0 Å². The van der Waals surface area contributed by atoms with E-state index in [0.717, 1.165) is 40.6 Å². The highest BCUT2D eigenvalue weighted by Gasteiger charge is 2.13. The Balaban J connectivity index is 2.05. The van der Waals surface area contributed by atoms with Crippen LogP contribution in [0, 0.1) is 0 Å². The predicted molar refractivity (Wildman–Crippen MR) is 98.7 cm³/mol. The average molecular weight is 319 g/mol. The molecule has 2 aromatic carbocycles. The number of nitrogens with one attached hydrogen (secondary N) is 1. The first-order valence-electron chi connectivity index (χ1n) is 8.21. The normalized spacial score (nSPS) is 11.4. The molecule has 0 aliphatic heterocycles. The number of hydrogen-bond acceptors (Lipinski definition) is 2. The molecule has 24 heavy (non-hydrogen) atoms. The monoisotopic (exact) mass is 319 g/mol. The van der Waals surface area contributed by atoms with Crippen LogP contribution in [0.4, 0.5) is 0 Å². The third-order valence-electron chi connectivity index (χ3n) is 4.36. The number of rotatable bonds is 5. The molecule has 0 aliphatic rings. The zero-order valence-corrected chi connectivity index (χ0v) is 14.0. The fourth-order valence-corrected chi connectivity index (χ4v) is 3.20. The van der Waals surface area contributed by atoms with Gasteiger partial charge in [-0.15, -0.1) is 0 Å². The predicted octanol–water partition coefficient (Wildman–Crippen LogP) is 3.96. The summed E-state index contributed by atoms with van der Waals surface area (Å²) in [6.45, 7) is 4.15. The van der Waals surface area contributed by atoms with Crippen molar-refractivity contribution >= 4 is 29.0 Å². The topological polar surface area (TPSA) is 71.8 Å². The highest BCUT2D eigenvalue weighted by atomic mass is 16.1. The van der Waals surface area contributed by atoms with E-state index in [0.29, 0.717) is 5.56 Å². The summed E-state index contributed by atoms with van der Waals surface area (Å²) in [7, 11) is 0. The SMILES string of the molecule is CCc1c(C=Cc2n[nH]c3ccccc23)ccc(C(N)=O)c1CC. The van der Waals surface area contributed by atoms with Crippen LogP contribution in [0.25, 0.3) is 23.1 Å². The molecule has 0 fully saturated rings. The number of nitrogens with zero attached hydrogens (tertiary/aromatic N) is 1. The number of H-pyrrole nitrogens is 1. The molecule has 3 rings (SSSR count). The van der Waals surface area contributed by atoms with E-state index in [1.807, 2.05) is 42.5 Å². The van der Waals surface area contributed by atoms with Crippen LogP contribution in [-0.2, 0) is 12.8 Å². The molecule has 4 heteroatoms. The van der Waals surface area contributed by atoms with Gasteiger partial charge in [-0.25, -0.2) is 0 Å². The number of nitrogens with two attached hydrogens (primary N) is 1. The molecule has 3 aromatic rings. The van der Waals surface area contributed by atoms with Gasteiger partial charge in [0.1, 0.15) is 0 Å². The van der Waals surface area contributed by atoms with Gasteiger partial charge in [-0.2, -0.15) is 5.10 Å². The van der Waals surface area contributed by atoms with Crippen LogP contribution >= 0.6 is 0 Å². The van der Waals surface area contributed by atoms with Gasteiger partial charge in [-0.1, -0.05) is 44.2 Å². The standard InChI is InChI=1S/C20H21N3O/c1-3-14-13(9-11-16(20(21)24)15(14)4-2)10-12-19-17-7-5-6-8-18(17)22-23-19/h5-12H,3-4H2,1-2H3,(H2,21,24)(H,22,23). The number of primary amides is 1. The fraction of sp³-hybridized carbons (Fsp3) is 0.200. The Morgan fingerprint density at radius 2 is 1.83 bits per heavy atom. The van der Waals surface area contributed by atoms with Gasteiger partial charge in [-0.05, 0) is 47.7 Å². The van der Waals surface area contributed by atoms with E-state index in [1.54, 1.807) is 0 Å². The zero-order valence-electron chi connectivity index (χ0n) is 14.0. The van der Waals surface area contributed by atoms with Crippen molar-refractivity contribution in [3.8, 4) is 0 Å². The number of aromatic nitrogens is 2. The second-order valence-corrected chi connectivity index (χ2v) is 5.72. The number of carbonyl (C=O) groups excluding carboxylic acids is 1. The summed E-state index contributed by atoms with van der Waals surface area (Å²) < 4.78 is 0. The third-order valence-corrected chi connectivity index (χ3v) is 4.36. The average Bonchev–Trinajstić information content (AvgIpc) is 3.01. The van der Waals surface area contributed by atoms with Crippen LogP contribution < -0.4 is 5.73 Å². The molecule has 0 aliphatic carbocycles. The van der Waals surface area contributed by atoms with Crippen molar-refractivity contribution in [3.63, 3.8) is 0 Å². The summed E-state index contributed by atoms with van der Waals surface area (Å²) in [5, 5.41) is 8.50. The molecule has 0 saturated heterocycles. The van der Waals surface area contributed by atoms with Crippen LogP contribution in [-0.4, -0.2) is 16.1 Å². The van der Waals surface area contributed by atoms with Crippen LogP contribution in [0.1, 0.15) is 46.6 Å². The first kappa shape index (κ1) is 16.0. The Bertz CT molecular complexity index is 922. The highest BCUT2D eigenvalue weighted by Crippen LogP contribution is 2.24. The molecule has 1 aromatic heterocycles. The molecule has 0 unspecified atom stereocenters. The van der Waals surface area contributed by atoms with Gasteiger partial charge < -0.3 is 5.73 Å². The summed E-state index contributed by atoms with van der Waals surface area (Å²) in [6, 6.07) is 11.8. The maximum atomic E-state index is 11.6. The van der Waals surface area contributed by atoms with E-state index < -0.39 is 0 Å². The molecule has 1 heterocycles. The number of amides is 1. The zero-order chi connectivity index (χ0) is 17.1. The largest absolute Gasteiger partial charge is 0.366 e. The lowest BCUT2D eigenvalue weighted by atomic mass is 9.92. The van der Waals surface area contributed by atoms with Crippen LogP contribution in [0.15, 0.2) is 36.4 Å². The lowest BCUT2D eigenvalue weighted by molar-refractivity contribution is 0.0999. The Labute approximate surface area is 141 Å². The first-order chi connectivity index (χ1) is 11.7. The number of aromatic amines is 1.